The van der Waals surface area contributed by atoms with E-state index in [2.05, 4.69) is 37.9 Å². The van der Waals surface area contributed by atoms with Crippen molar-refractivity contribution in [2.24, 2.45) is 17.8 Å². The van der Waals surface area contributed by atoms with Crippen LogP contribution in [0.15, 0.2) is 0 Å². The summed E-state index contributed by atoms with van der Waals surface area (Å²) in [5, 5.41) is 3.46. The summed E-state index contributed by atoms with van der Waals surface area (Å²) < 4.78 is 0. The molecule has 2 fully saturated rings. The van der Waals surface area contributed by atoms with Gasteiger partial charge in [-0.15, -0.1) is 0 Å². The summed E-state index contributed by atoms with van der Waals surface area (Å²) in [6.07, 6.45) is 3.98. The predicted octanol–water partition coefficient (Wildman–Crippen LogP) is 2.61. The SMILES string of the molecule is CC1NC(C(C)C)N(C2CCCC(C)C2C)C1=O. The fraction of sp³-hybridized carbons (Fsp3) is 0.933. The third-order valence-electron chi connectivity index (χ3n) is 5.00. The Hall–Kier alpha value is -0.570. The molecule has 1 saturated heterocycles. The van der Waals surface area contributed by atoms with Crippen LogP contribution in [0, 0.1) is 17.8 Å². The highest BCUT2D eigenvalue weighted by atomic mass is 16.2. The molecule has 0 aromatic heterocycles. The van der Waals surface area contributed by atoms with Crippen molar-refractivity contribution < 1.29 is 4.79 Å². The fourth-order valence-electron chi connectivity index (χ4n) is 3.60. The smallest absolute Gasteiger partial charge is 0.240 e. The molecular formula is C15H28N2O. The minimum absolute atomic E-state index is 0.0122. The molecule has 3 heteroatoms. The lowest BCUT2D eigenvalue weighted by atomic mass is 9.77. The molecule has 1 heterocycles. The highest BCUT2D eigenvalue weighted by molar-refractivity contribution is 5.84. The first-order valence-electron chi connectivity index (χ1n) is 7.51. The van der Waals surface area contributed by atoms with Crippen molar-refractivity contribution in [3.8, 4) is 0 Å². The van der Waals surface area contributed by atoms with Gasteiger partial charge in [0.1, 0.15) is 0 Å². The van der Waals surface area contributed by atoms with E-state index in [1.165, 1.54) is 19.3 Å². The van der Waals surface area contributed by atoms with E-state index < -0.39 is 0 Å². The van der Waals surface area contributed by atoms with Gasteiger partial charge in [0.15, 0.2) is 0 Å². The third kappa shape index (κ3) is 2.29. The van der Waals surface area contributed by atoms with E-state index in [0.717, 1.165) is 5.92 Å². The number of carbonyl (C=O) groups excluding carboxylic acids is 1. The average molecular weight is 252 g/mol. The molecule has 104 valence electrons. The first kappa shape index (κ1) is 13.9. The van der Waals surface area contributed by atoms with Crippen LogP contribution >= 0.6 is 0 Å². The topological polar surface area (TPSA) is 32.3 Å². The Kier molecular flexibility index (Phi) is 4.00. The van der Waals surface area contributed by atoms with E-state index >= 15 is 0 Å². The molecule has 1 aliphatic carbocycles. The Morgan fingerprint density at radius 3 is 2.50 bits per heavy atom. The Balaban J connectivity index is 2.20. The number of rotatable bonds is 2. The van der Waals surface area contributed by atoms with Crippen LogP contribution in [0.3, 0.4) is 0 Å². The standard InChI is InChI=1S/C15H28N2O/c1-9(2)14-16-12(5)15(18)17(14)13-8-6-7-10(3)11(13)4/h9-14,16H,6-8H2,1-5H3. The molecule has 5 unspecified atom stereocenters. The van der Waals surface area contributed by atoms with Crippen LogP contribution in [0.25, 0.3) is 0 Å². The monoisotopic (exact) mass is 252 g/mol. The minimum Gasteiger partial charge on any atom is -0.322 e. The summed E-state index contributed by atoms with van der Waals surface area (Å²) in [4.78, 5) is 14.6. The maximum Gasteiger partial charge on any atom is 0.240 e. The zero-order valence-corrected chi connectivity index (χ0v) is 12.4. The van der Waals surface area contributed by atoms with Gasteiger partial charge in [-0.2, -0.15) is 0 Å². The van der Waals surface area contributed by atoms with Gasteiger partial charge in [-0.25, -0.2) is 0 Å². The molecule has 18 heavy (non-hydrogen) atoms. The van der Waals surface area contributed by atoms with Gasteiger partial charge in [-0.05, 0) is 31.1 Å². The number of hydrogen-bond donors (Lipinski definition) is 1. The van der Waals surface area contributed by atoms with Crippen LogP contribution in [-0.4, -0.2) is 29.1 Å². The summed E-state index contributed by atoms with van der Waals surface area (Å²) in [6, 6.07) is 0.424. The van der Waals surface area contributed by atoms with Crippen molar-refractivity contribution >= 4 is 5.91 Å². The molecule has 0 aromatic rings. The van der Waals surface area contributed by atoms with Crippen LogP contribution in [0.4, 0.5) is 0 Å². The molecule has 0 bridgehead atoms. The Labute approximate surface area is 111 Å². The molecule has 3 nitrogen and oxygen atoms in total. The maximum absolute atomic E-state index is 12.4. The Bertz CT molecular complexity index is 316. The van der Waals surface area contributed by atoms with E-state index in [0.29, 0.717) is 23.8 Å². The summed E-state index contributed by atoms with van der Waals surface area (Å²) in [5.41, 5.74) is 0. The van der Waals surface area contributed by atoms with E-state index in [1.54, 1.807) is 0 Å². The molecule has 2 rings (SSSR count). The first-order valence-corrected chi connectivity index (χ1v) is 7.51. The largest absolute Gasteiger partial charge is 0.322 e. The van der Waals surface area contributed by atoms with Gasteiger partial charge in [0.05, 0.1) is 12.2 Å². The predicted molar refractivity (Wildman–Crippen MR) is 74.0 cm³/mol. The quantitative estimate of drug-likeness (QED) is 0.819. The maximum atomic E-state index is 12.4. The summed E-state index contributed by atoms with van der Waals surface area (Å²) >= 11 is 0. The second-order valence-corrected chi connectivity index (χ2v) is 6.66. The molecular weight excluding hydrogens is 224 g/mol. The van der Waals surface area contributed by atoms with Gasteiger partial charge in [0, 0.05) is 6.04 Å². The van der Waals surface area contributed by atoms with Gasteiger partial charge in [0.25, 0.3) is 0 Å². The lowest BCUT2D eigenvalue weighted by Crippen LogP contribution is -2.52. The van der Waals surface area contributed by atoms with Crippen LogP contribution < -0.4 is 5.32 Å². The second-order valence-electron chi connectivity index (χ2n) is 6.66. The van der Waals surface area contributed by atoms with Gasteiger partial charge in [0.2, 0.25) is 5.91 Å². The third-order valence-corrected chi connectivity index (χ3v) is 5.00. The number of hydrogen-bond acceptors (Lipinski definition) is 2. The molecule has 0 aromatic carbocycles. The molecule has 1 amide bonds. The van der Waals surface area contributed by atoms with Crippen LogP contribution in [0.5, 0.6) is 0 Å². The first-order chi connectivity index (χ1) is 8.43. The highest BCUT2D eigenvalue weighted by Gasteiger charge is 2.44. The van der Waals surface area contributed by atoms with Crippen molar-refractivity contribution in [2.75, 3.05) is 0 Å². The molecule has 0 spiro atoms. The summed E-state index contributed by atoms with van der Waals surface area (Å²) in [7, 11) is 0. The number of nitrogens with zero attached hydrogens (tertiary/aromatic N) is 1. The molecule has 1 saturated carbocycles. The van der Waals surface area contributed by atoms with E-state index in [-0.39, 0.29) is 12.2 Å². The molecule has 2 aliphatic rings. The summed E-state index contributed by atoms with van der Waals surface area (Å²) in [5.74, 6) is 2.14. The van der Waals surface area contributed by atoms with Gasteiger partial charge in [-0.1, -0.05) is 40.5 Å². The van der Waals surface area contributed by atoms with Gasteiger partial charge in [-0.3, -0.25) is 10.1 Å². The van der Waals surface area contributed by atoms with Crippen molar-refractivity contribution in [3.63, 3.8) is 0 Å². The zero-order chi connectivity index (χ0) is 13.4. The van der Waals surface area contributed by atoms with Crippen LogP contribution in [0.1, 0.15) is 53.9 Å². The Morgan fingerprint density at radius 2 is 1.89 bits per heavy atom. The number of nitrogens with one attached hydrogen (secondary N) is 1. The molecule has 1 N–H and O–H groups in total. The van der Waals surface area contributed by atoms with E-state index in [9.17, 15) is 4.79 Å². The Morgan fingerprint density at radius 1 is 1.22 bits per heavy atom. The normalized spacial score (nSPS) is 41.8. The molecule has 0 radical (unpaired) electrons. The minimum atomic E-state index is -0.0122. The lowest BCUT2D eigenvalue weighted by Gasteiger charge is -2.43. The lowest BCUT2D eigenvalue weighted by molar-refractivity contribution is -0.135. The van der Waals surface area contributed by atoms with E-state index in [1.807, 2.05) is 6.92 Å². The van der Waals surface area contributed by atoms with Gasteiger partial charge >= 0.3 is 0 Å². The second kappa shape index (κ2) is 5.20. The van der Waals surface area contributed by atoms with Crippen molar-refractivity contribution in [1.29, 1.82) is 0 Å². The summed E-state index contributed by atoms with van der Waals surface area (Å²) in [6.45, 7) is 11.1. The van der Waals surface area contributed by atoms with Crippen molar-refractivity contribution in [1.82, 2.24) is 10.2 Å². The molecule has 1 aliphatic heterocycles. The highest BCUT2D eigenvalue weighted by Crippen LogP contribution is 2.36. The van der Waals surface area contributed by atoms with Crippen LogP contribution in [0.2, 0.25) is 0 Å². The zero-order valence-electron chi connectivity index (χ0n) is 12.4. The van der Waals surface area contributed by atoms with Crippen molar-refractivity contribution in [3.05, 3.63) is 0 Å². The molecule has 5 atom stereocenters. The fourth-order valence-corrected chi connectivity index (χ4v) is 3.60. The average Bonchev–Trinajstić information content (AvgIpc) is 2.60. The van der Waals surface area contributed by atoms with Crippen LogP contribution in [-0.2, 0) is 4.79 Å². The number of amides is 1. The van der Waals surface area contributed by atoms with Gasteiger partial charge < -0.3 is 4.90 Å². The van der Waals surface area contributed by atoms with E-state index in [4.69, 9.17) is 0 Å². The van der Waals surface area contributed by atoms with Crippen molar-refractivity contribution in [2.45, 2.75) is 72.1 Å². The number of carbonyl (C=O) groups is 1.